The number of esters is 1. The monoisotopic (exact) mass is 492 g/mol. The lowest BCUT2D eigenvalue weighted by Crippen LogP contribution is -2.53. The summed E-state index contributed by atoms with van der Waals surface area (Å²) in [5.74, 6) is -0.00269. The molecule has 4 atom stereocenters. The van der Waals surface area contributed by atoms with Crippen molar-refractivity contribution >= 4 is 21.9 Å². The van der Waals surface area contributed by atoms with Crippen LogP contribution in [0.1, 0.15) is 47.1 Å². The van der Waals surface area contributed by atoms with Gasteiger partial charge in [0, 0.05) is 22.9 Å². The Morgan fingerprint density at radius 2 is 1.78 bits per heavy atom. The Balaban J connectivity index is 1.84. The smallest absolute Gasteiger partial charge is 0.303 e. The van der Waals surface area contributed by atoms with Crippen LogP contribution in [0, 0.1) is 13.8 Å². The largest absolute Gasteiger partial charge is 0.478 e. The number of hydrogen-bond donors (Lipinski definition) is 1. The number of aryl methyl sites for hydroxylation is 2. The molecule has 0 spiro atoms. The maximum atomic E-state index is 12.7. The van der Waals surface area contributed by atoms with Crippen LogP contribution in [0.3, 0.4) is 0 Å². The molecule has 3 aromatic carbocycles. The highest BCUT2D eigenvalue weighted by molar-refractivity contribution is 9.10. The molecule has 1 N–H and O–H groups in total. The second-order valence-corrected chi connectivity index (χ2v) is 9.78. The number of benzene rings is 3. The Bertz CT molecular complexity index is 1190. The summed E-state index contributed by atoms with van der Waals surface area (Å²) in [6.45, 7) is 5.38. The van der Waals surface area contributed by atoms with Gasteiger partial charge in [-0.1, -0.05) is 64.5 Å². The van der Waals surface area contributed by atoms with Crippen LogP contribution in [0.25, 0.3) is 0 Å². The molecule has 3 aromatic rings. The van der Waals surface area contributed by atoms with Crippen LogP contribution >= 0.6 is 15.9 Å². The standard InChI is InChI=1S/C27H25BrO4/c1-16-13-17(2)25-23(14-16)32-27(20-9-11-21(28)12-10-20)22(19-7-5-4-6-8-19)15-24(26(25,27)30)31-18(3)29/h4-14,22,24,30H,15H2,1-3H3/t22-,24+,26+,27-/m0/s1. The Hall–Kier alpha value is -2.63. The molecule has 5 heteroatoms. The molecular weight excluding hydrogens is 468 g/mol. The summed E-state index contributed by atoms with van der Waals surface area (Å²) in [5, 5.41) is 12.7. The van der Waals surface area contributed by atoms with Gasteiger partial charge in [-0.05, 0) is 60.7 Å². The van der Waals surface area contributed by atoms with E-state index in [-0.39, 0.29) is 5.92 Å². The van der Waals surface area contributed by atoms with Crippen LogP contribution in [0.4, 0.5) is 0 Å². The molecule has 1 aliphatic heterocycles. The first-order valence-corrected chi connectivity index (χ1v) is 11.6. The van der Waals surface area contributed by atoms with E-state index in [1.807, 2.05) is 80.6 Å². The quantitative estimate of drug-likeness (QED) is 0.479. The fourth-order valence-electron chi connectivity index (χ4n) is 5.79. The van der Waals surface area contributed by atoms with Crippen LogP contribution in [0.2, 0.25) is 0 Å². The zero-order valence-corrected chi connectivity index (χ0v) is 19.8. The molecule has 4 nitrogen and oxygen atoms in total. The zero-order valence-electron chi connectivity index (χ0n) is 18.3. The molecule has 5 rings (SSSR count). The fourth-order valence-corrected chi connectivity index (χ4v) is 6.05. The summed E-state index contributed by atoms with van der Waals surface area (Å²) in [6.07, 6.45) is -0.306. The Morgan fingerprint density at radius 3 is 2.44 bits per heavy atom. The van der Waals surface area contributed by atoms with E-state index in [2.05, 4.69) is 15.9 Å². The number of carbonyl (C=O) groups excluding carboxylic acids is 1. The molecule has 1 aliphatic carbocycles. The Labute approximate surface area is 196 Å². The lowest BCUT2D eigenvalue weighted by Gasteiger charge is -2.41. The molecule has 2 aliphatic rings. The first-order chi connectivity index (χ1) is 15.3. The summed E-state index contributed by atoms with van der Waals surface area (Å²) in [4.78, 5) is 12.1. The van der Waals surface area contributed by atoms with Gasteiger partial charge in [-0.25, -0.2) is 0 Å². The third-order valence-electron chi connectivity index (χ3n) is 6.85. The maximum absolute atomic E-state index is 12.7. The summed E-state index contributed by atoms with van der Waals surface area (Å²) < 4.78 is 13.6. The van der Waals surface area contributed by atoms with Gasteiger partial charge in [-0.3, -0.25) is 4.79 Å². The molecule has 1 saturated carbocycles. The van der Waals surface area contributed by atoms with Crippen molar-refractivity contribution in [3.8, 4) is 5.75 Å². The number of aliphatic hydroxyl groups is 1. The van der Waals surface area contributed by atoms with Crippen molar-refractivity contribution in [3.63, 3.8) is 0 Å². The third kappa shape index (κ3) is 2.87. The molecule has 164 valence electrons. The number of hydrogen-bond acceptors (Lipinski definition) is 4. The van der Waals surface area contributed by atoms with Gasteiger partial charge >= 0.3 is 5.97 Å². The molecular formula is C27H25BrO4. The van der Waals surface area contributed by atoms with Gasteiger partial charge in [0.1, 0.15) is 11.9 Å². The van der Waals surface area contributed by atoms with Crippen molar-refractivity contribution in [1.29, 1.82) is 0 Å². The van der Waals surface area contributed by atoms with E-state index in [1.54, 1.807) is 0 Å². The fraction of sp³-hybridized carbons (Fsp3) is 0.296. The minimum atomic E-state index is -1.54. The minimum absolute atomic E-state index is 0.230. The predicted molar refractivity (Wildman–Crippen MR) is 126 cm³/mol. The highest BCUT2D eigenvalue weighted by atomic mass is 79.9. The summed E-state index contributed by atoms with van der Waals surface area (Å²) >= 11 is 3.52. The van der Waals surface area contributed by atoms with Gasteiger partial charge in [0.05, 0.1) is 0 Å². The van der Waals surface area contributed by atoms with Gasteiger partial charge in [0.25, 0.3) is 0 Å². The molecule has 0 aromatic heterocycles. The highest BCUT2D eigenvalue weighted by Gasteiger charge is 2.74. The molecule has 0 unspecified atom stereocenters. The topological polar surface area (TPSA) is 55.8 Å². The van der Waals surface area contributed by atoms with E-state index in [0.717, 1.165) is 26.7 Å². The highest BCUT2D eigenvalue weighted by Crippen LogP contribution is 2.67. The van der Waals surface area contributed by atoms with Crippen LogP contribution in [0.5, 0.6) is 5.75 Å². The first-order valence-electron chi connectivity index (χ1n) is 10.8. The van der Waals surface area contributed by atoms with Crippen LogP contribution in [0.15, 0.2) is 71.2 Å². The normalized spacial score (nSPS) is 28.0. The number of rotatable bonds is 3. The van der Waals surface area contributed by atoms with E-state index >= 15 is 0 Å². The van der Waals surface area contributed by atoms with Crippen molar-refractivity contribution in [2.24, 2.45) is 0 Å². The lowest BCUT2D eigenvalue weighted by molar-refractivity contribution is -0.179. The average Bonchev–Trinajstić information content (AvgIpc) is 3.14. The predicted octanol–water partition coefficient (Wildman–Crippen LogP) is 5.66. The van der Waals surface area contributed by atoms with E-state index in [4.69, 9.17) is 9.47 Å². The van der Waals surface area contributed by atoms with E-state index in [9.17, 15) is 9.90 Å². The van der Waals surface area contributed by atoms with Crippen molar-refractivity contribution in [2.45, 2.75) is 50.4 Å². The van der Waals surface area contributed by atoms with Gasteiger partial charge in [0.2, 0.25) is 0 Å². The van der Waals surface area contributed by atoms with Crippen LogP contribution in [-0.4, -0.2) is 17.2 Å². The number of carbonyl (C=O) groups is 1. The SMILES string of the molecule is CC(=O)O[C@@H]1C[C@@H](c2ccccc2)[C@]2(c3ccc(Br)cc3)Oc3cc(C)cc(C)c3[C@]12O. The average molecular weight is 493 g/mol. The van der Waals surface area contributed by atoms with Gasteiger partial charge in [-0.15, -0.1) is 0 Å². The van der Waals surface area contributed by atoms with Crippen molar-refractivity contribution < 1.29 is 19.4 Å². The van der Waals surface area contributed by atoms with Crippen molar-refractivity contribution in [1.82, 2.24) is 0 Å². The summed E-state index contributed by atoms with van der Waals surface area (Å²) in [5.41, 5.74) is 1.88. The molecule has 0 bridgehead atoms. The lowest BCUT2D eigenvalue weighted by atomic mass is 9.70. The molecule has 32 heavy (non-hydrogen) atoms. The van der Waals surface area contributed by atoms with Gasteiger partial charge in [0.15, 0.2) is 11.2 Å². The van der Waals surface area contributed by atoms with E-state index < -0.39 is 23.3 Å². The third-order valence-corrected chi connectivity index (χ3v) is 7.38. The first kappa shape index (κ1) is 21.2. The second kappa shape index (κ2) is 7.46. The van der Waals surface area contributed by atoms with Crippen LogP contribution < -0.4 is 4.74 Å². The molecule has 1 heterocycles. The van der Waals surface area contributed by atoms with Crippen LogP contribution in [-0.2, 0) is 20.7 Å². The Kier molecular flexibility index (Phi) is 4.95. The minimum Gasteiger partial charge on any atom is -0.478 e. The van der Waals surface area contributed by atoms with Gasteiger partial charge in [-0.2, -0.15) is 0 Å². The maximum Gasteiger partial charge on any atom is 0.303 e. The number of ether oxygens (including phenoxy) is 2. The van der Waals surface area contributed by atoms with Crippen molar-refractivity contribution in [2.75, 3.05) is 0 Å². The van der Waals surface area contributed by atoms with Gasteiger partial charge < -0.3 is 14.6 Å². The Morgan fingerprint density at radius 1 is 1.09 bits per heavy atom. The number of halogens is 1. The summed E-state index contributed by atoms with van der Waals surface area (Å²) in [7, 11) is 0. The van der Waals surface area contributed by atoms with E-state index in [0.29, 0.717) is 17.7 Å². The zero-order chi connectivity index (χ0) is 22.7. The molecule has 1 fully saturated rings. The summed E-state index contributed by atoms with van der Waals surface area (Å²) in [6, 6.07) is 21.9. The molecule has 0 radical (unpaired) electrons. The molecule has 0 amide bonds. The number of fused-ring (bicyclic) bond motifs is 3. The molecule has 0 saturated heterocycles. The van der Waals surface area contributed by atoms with E-state index in [1.165, 1.54) is 6.92 Å². The van der Waals surface area contributed by atoms with Crippen molar-refractivity contribution in [3.05, 3.63) is 99.0 Å². The second-order valence-electron chi connectivity index (χ2n) is 8.86.